The number of aryl methyl sites for hydroxylation is 2. The Bertz CT molecular complexity index is 794. The van der Waals surface area contributed by atoms with Crippen molar-refractivity contribution >= 4 is 15.8 Å². The summed E-state index contributed by atoms with van der Waals surface area (Å²) in [5, 5.41) is 4.19. The molecule has 0 spiro atoms. The van der Waals surface area contributed by atoms with Crippen molar-refractivity contribution in [2.24, 2.45) is 5.92 Å². The van der Waals surface area contributed by atoms with Gasteiger partial charge in [0.25, 0.3) is 10.0 Å². The number of rotatable bonds is 5. The third-order valence-electron chi connectivity index (χ3n) is 4.12. The largest absolute Gasteiger partial charge is 0.264 e. The Labute approximate surface area is 137 Å². The zero-order chi connectivity index (χ0) is 16.4. The molecular weight excluding hydrogens is 310 g/mol. The molecule has 0 amide bonds. The monoisotopic (exact) mass is 333 g/mol. The van der Waals surface area contributed by atoms with E-state index in [9.17, 15) is 8.42 Å². The van der Waals surface area contributed by atoms with E-state index in [2.05, 4.69) is 23.7 Å². The van der Waals surface area contributed by atoms with Crippen LogP contribution in [-0.4, -0.2) is 18.2 Å². The van der Waals surface area contributed by atoms with Gasteiger partial charge in [0.1, 0.15) is 5.82 Å². The van der Waals surface area contributed by atoms with Crippen LogP contribution in [0.15, 0.2) is 35.4 Å². The molecule has 124 valence electrons. The minimum atomic E-state index is -3.59. The van der Waals surface area contributed by atoms with Crippen LogP contribution in [0.2, 0.25) is 0 Å². The van der Waals surface area contributed by atoms with Crippen molar-refractivity contribution in [3.8, 4) is 0 Å². The summed E-state index contributed by atoms with van der Waals surface area (Å²) in [7, 11) is -3.59. The van der Waals surface area contributed by atoms with Gasteiger partial charge in [0, 0.05) is 12.6 Å². The van der Waals surface area contributed by atoms with Crippen molar-refractivity contribution in [1.82, 2.24) is 9.78 Å². The van der Waals surface area contributed by atoms with Crippen LogP contribution >= 0.6 is 0 Å². The minimum Gasteiger partial charge on any atom is -0.264 e. The highest BCUT2D eigenvalue weighted by Crippen LogP contribution is 2.25. The molecule has 2 aromatic rings. The standard InChI is InChI=1S/C17H23N3O2S/c1-13(2)12-20-17(9-10-18-20)19-23(21,22)16-8-7-14-5-3-4-6-15(14)11-16/h7-11,13,19H,3-6,12H2,1-2H3. The number of anilines is 1. The number of benzene rings is 1. The van der Waals surface area contributed by atoms with Gasteiger partial charge in [0.15, 0.2) is 0 Å². The lowest BCUT2D eigenvalue weighted by atomic mass is 9.92. The average molecular weight is 333 g/mol. The number of fused-ring (bicyclic) bond motifs is 1. The Morgan fingerprint density at radius 2 is 1.91 bits per heavy atom. The van der Waals surface area contributed by atoms with Crippen molar-refractivity contribution in [3.05, 3.63) is 41.6 Å². The lowest BCUT2D eigenvalue weighted by Crippen LogP contribution is -2.18. The fraction of sp³-hybridized carbons (Fsp3) is 0.471. The normalized spacial score (nSPS) is 14.7. The summed E-state index contributed by atoms with van der Waals surface area (Å²) in [5.74, 6) is 0.901. The maximum atomic E-state index is 12.7. The van der Waals surface area contributed by atoms with Crippen LogP contribution in [0.5, 0.6) is 0 Å². The summed E-state index contributed by atoms with van der Waals surface area (Å²) in [6, 6.07) is 7.17. The molecule has 1 aliphatic carbocycles. The molecule has 1 heterocycles. The number of nitrogens with one attached hydrogen (secondary N) is 1. The van der Waals surface area contributed by atoms with E-state index in [0.29, 0.717) is 23.2 Å². The Kier molecular flexibility index (Phi) is 4.43. The quantitative estimate of drug-likeness (QED) is 0.914. The average Bonchev–Trinajstić information content (AvgIpc) is 2.92. The van der Waals surface area contributed by atoms with E-state index in [1.165, 1.54) is 12.0 Å². The van der Waals surface area contributed by atoms with Crippen LogP contribution in [0.4, 0.5) is 5.82 Å². The highest BCUT2D eigenvalue weighted by Gasteiger charge is 2.19. The first kappa shape index (κ1) is 16.1. The maximum absolute atomic E-state index is 12.7. The molecule has 1 aromatic carbocycles. The van der Waals surface area contributed by atoms with Gasteiger partial charge in [-0.15, -0.1) is 0 Å². The number of hydrogen-bond donors (Lipinski definition) is 1. The van der Waals surface area contributed by atoms with Crippen LogP contribution in [0.25, 0.3) is 0 Å². The van der Waals surface area contributed by atoms with Gasteiger partial charge >= 0.3 is 0 Å². The second-order valence-corrected chi connectivity index (χ2v) is 8.22. The van der Waals surface area contributed by atoms with E-state index >= 15 is 0 Å². The van der Waals surface area contributed by atoms with Gasteiger partial charge in [-0.25, -0.2) is 13.1 Å². The lowest BCUT2D eigenvalue weighted by molar-refractivity contribution is 0.488. The predicted molar refractivity (Wildman–Crippen MR) is 91.0 cm³/mol. The van der Waals surface area contributed by atoms with Gasteiger partial charge in [0.05, 0.1) is 11.1 Å². The van der Waals surface area contributed by atoms with E-state index in [4.69, 9.17) is 0 Å². The molecule has 5 nitrogen and oxygen atoms in total. The molecule has 6 heteroatoms. The molecule has 0 bridgehead atoms. The predicted octanol–water partition coefficient (Wildman–Crippen LogP) is 3.22. The van der Waals surface area contributed by atoms with Gasteiger partial charge in [0.2, 0.25) is 0 Å². The van der Waals surface area contributed by atoms with Gasteiger partial charge in [-0.1, -0.05) is 19.9 Å². The highest BCUT2D eigenvalue weighted by molar-refractivity contribution is 7.92. The SMILES string of the molecule is CC(C)Cn1nccc1NS(=O)(=O)c1ccc2c(c1)CCCC2. The van der Waals surface area contributed by atoms with Crippen LogP contribution in [0.3, 0.4) is 0 Å². The van der Waals surface area contributed by atoms with E-state index in [1.807, 2.05) is 12.1 Å². The molecule has 0 atom stereocenters. The zero-order valence-corrected chi connectivity index (χ0v) is 14.4. The number of hydrogen-bond acceptors (Lipinski definition) is 3. The third-order valence-corrected chi connectivity index (χ3v) is 5.48. The number of sulfonamides is 1. The first-order valence-corrected chi connectivity index (χ1v) is 9.60. The Morgan fingerprint density at radius 1 is 1.17 bits per heavy atom. The molecule has 0 unspecified atom stereocenters. The molecule has 0 fully saturated rings. The Morgan fingerprint density at radius 3 is 2.65 bits per heavy atom. The molecular formula is C17H23N3O2S. The number of aromatic nitrogens is 2. The van der Waals surface area contributed by atoms with Crippen LogP contribution in [0.1, 0.15) is 37.8 Å². The first-order valence-electron chi connectivity index (χ1n) is 8.12. The Balaban J connectivity index is 1.86. The van der Waals surface area contributed by atoms with E-state index in [-0.39, 0.29) is 0 Å². The molecule has 0 saturated heterocycles. The van der Waals surface area contributed by atoms with Crippen molar-refractivity contribution in [2.45, 2.75) is 51.0 Å². The topological polar surface area (TPSA) is 64.0 Å². The van der Waals surface area contributed by atoms with Crippen molar-refractivity contribution in [1.29, 1.82) is 0 Å². The van der Waals surface area contributed by atoms with E-state index in [0.717, 1.165) is 24.8 Å². The molecule has 0 radical (unpaired) electrons. The van der Waals surface area contributed by atoms with E-state index < -0.39 is 10.0 Å². The number of nitrogens with zero attached hydrogens (tertiary/aromatic N) is 2. The molecule has 23 heavy (non-hydrogen) atoms. The summed E-state index contributed by atoms with van der Waals surface area (Å²) in [6.45, 7) is 4.82. The van der Waals surface area contributed by atoms with Crippen LogP contribution in [0, 0.1) is 5.92 Å². The van der Waals surface area contributed by atoms with Gasteiger partial charge in [-0.2, -0.15) is 5.10 Å². The zero-order valence-electron chi connectivity index (χ0n) is 13.6. The minimum absolute atomic E-state index is 0.329. The summed E-state index contributed by atoms with van der Waals surface area (Å²) in [4.78, 5) is 0.329. The fourth-order valence-electron chi connectivity index (χ4n) is 2.98. The van der Waals surface area contributed by atoms with Gasteiger partial charge in [-0.3, -0.25) is 4.72 Å². The smallest absolute Gasteiger partial charge is 0.263 e. The highest BCUT2D eigenvalue weighted by atomic mass is 32.2. The van der Waals surface area contributed by atoms with Crippen molar-refractivity contribution in [2.75, 3.05) is 4.72 Å². The van der Waals surface area contributed by atoms with Crippen LogP contribution in [-0.2, 0) is 29.4 Å². The second kappa shape index (κ2) is 6.35. The van der Waals surface area contributed by atoms with E-state index in [1.54, 1.807) is 23.0 Å². The summed E-state index contributed by atoms with van der Waals surface area (Å²) in [5.41, 5.74) is 2.44. The van der Waals surface area contributed by atoms with Crippen LogP contribution < -0.4 is 4.72 Å². The van der Waals surface area contributed by atoms with Gasteiger partial charge in [-0.05, 0) is 54.9 Å². The van der Waals surface area contributed by atoms with Crippen molar-refractivity contribution < 1.29 is 8.42 Å². The van der Waals surface area contributed by atoms with Gasteiger partial charge < -0.3 is 0 Å². The van der Waals surface area contributed by atoms with Crippen molar-refractivity contribution in [3.63, 3.8) is 0 Å². The summed E-state index contributed by atoms with van der Waals surface area (Å²) < 4.78 is 29.7. The maximum Gasteiger partial charge on any atom is 0.263 e. The molecule has 1 N–H and O–H groups in total. The molecule has 1 aromatic heterocycles. The first-order chi connectivity index (χ1) is 11.0. The molecule has 0 saturated carbocycles. The second-order valence-electron chi connectivity index (χ2n) is 6.54. The molecule has 3 rings (SSSR count). The third kappa shape index (κ3) is 3.58. The molecule has 0 aliphatic heterocycles. The fourth-order valence-corrected chi connectivity index (χ4v) is 4.10. The summed E-state index contributed by atoms with van der Waals surface area (Å²) >= 11 is 0. The molecule has 1 aliphatic rings. The summed E-state index contributed by atoms with van der Waals surface area (Å²) in [6.07, 6.45) is 5.94. The lowest BCUT2D eigenvalue weighted by Gasteiger charge is -2.17. The Hall–Kier alpha value is -1.82.